The van der Waals surface area contributed by atoms with Crippen molar-refractivity contribution < 1.29 is 22.8 Å². The normalized spacial score (nSPS) is 11.0. The highest BCUT2D eigenvalue weighted by molar-refractivity contribution is 5.96. The molecule has 2 amide bonds. The van der Waals surface area contributed by atoms with E-state index in [1.165, 1.54) is 12.1 Å². The first-order valence-electron chi connectivity index (χ1n) is 5.72. The maximum absolute atomic E-state index is 11.8. The van der Waals surface area contributed by atoms with Crippen molar-refractivity contribution in [3.63, 3.8) is 0 Å². The Hall–Kier alpha value is -2.09. The fourth-order valence-corrected chi connectivity index (χ4v) is 1.32. The molecule has 4 N–H and O–H groups in total. The van der Waals surface area contributed by atoms with Crippen molar-refractivity contribution in [3.05, 3.63) is 35.4 Å². The van der Waals surface area contributed by atoms with Gasteiger partial charge in [0.05, 0.1) is 6.54 Å². The maximum atomic E-state index is 11.8. The maximum Gasteiger partial charge on any atom is 0.405 e. The molecular weight excluding hydrogens is 275 g/mol. The van der Waals surface area contributed by atoms with Gasteiger partial charge in [-0.2, -0.15) is 13.2 Å². The van der Waals surface area contributed by atoms with Gasteiger partial charge >= 0.3 is 6.18 Å². The van der Waals surface area contributed by atoms with Crippen LogP contribution in [-0.2, 0) is 11.3 Å². The number of nitrogens with one attached hydrogen (secondary N) is 2. The number of carbonyl (C=O) groups is 2. The molecule has 1 rings (SSSR count). The van der Waals surface area contributed by atoms with E-state index in [2.05, 4.69) is 5.32 Å². The Balaban J connectivity index is 2.40. The summed E-state index contributed by atoms with van der Waals surface area (Å²) < 4.78 is 35.5. The van der Waals surface area contributed by atoms with Crippen LogP contribution < -0.4 is 16.4 Å². The van der Waals surface area contributed by atoms with Gasteiger partial charge in [0.2, 0.25) is 5.91 Å². The van der Waals surface area contributed by atoms with E-state index in [1.807, 2.05) is 0 Å². The largest absolute Gasteiger partial charge is 0.405 e. The summed E-state index contributed by atoms with van der Waals surface area (Å²) in [6.45, 7) is -1.61. The predicted molar refractivity (Wildman–Crippen MR) is 65.7 cm³/mol. The van der Waals surface area contributed by atoms with Crippen molar-refractivity contribution in [2.24, 2.45) is 5.73 Å². The van der Waals surface area contributed by atoms with Crippen LogP contribution in [0.2, 0.25) is 0 Å². The molecule has 0 aliphatic heterocycles. The van der Waals surface area contributed by atoms with Gasteiger partial charge in [-0.3, -0.25) is 9.59 Å². The highest BCUT2D eigenvalue weighted by Gasteiger charge is 2.27. The van der Waals surface area contributed by atoms with Crippen LogP contribution in [0.3, 0.4) is 0 Å². The number of nitrogens with two attached hydrogens (primary N) is 1. The average Bonchev–Trinajstić information content (AvgIpc) is 2.41. The van der Waals surface area contributed by atoms with Crippen LogP contribution in [-0.4, -0.2) is 31.1 Å². The standard InChI is InChI=1S/C12H14F3N3O2/c13-12(14,15)7-18-10(19)6-17-11(20)9-3-1-8(5-16)2-4-9/h1-4H,5-7,16H2,(H,17,20)(H,18,19). The summed E-state index contributed by atoms with van der Waals surface area (Å²) in [6, 6.07) is 6.34. The van der Waals surface area contributed by atoms with Crippen molar-refractivity contribution in [2.45, 2.75) is 12.7 Å². The molecule has 0 aromatic heterocycles. The molecule has 0 aliphatic rings. The van der Waals surface area contributed by atoms with Crippen LogP contribution in [0, 0.1) is 0 Å². The second-order valence-corrected chi connectivity index (χ2v) is 3.98. The fourth-order valence-electron chi connectivity index (χ4n) is 1.32. The highest BCUT2D eigenvalue weighted by atomic mass is 19.4. The monoisotopic (exact) mass is 289 g/mol. The molecule has 0 radical (unpaired) electrons. The van der Waals surface area contributed by atoms with Gasteiger partial charge in [-0.25, -0.2) is 0 Å². The minimum Gasteiger partial charge on any atom is -0.345 e. The van der Waals surface area contributed by atoms with Crippen LogP contribution in [0.15, 0.2) is 24.3 Å². The van der Waals surface area contributed by atoms with Crippen molar-refractivity contribution in [3.8, 4) is 0 Å². The van der Waals surface area contributed by atoms with Gasteiger partial charge < -0.3 is 16.4 Å². The molecule has 1 aromatic rings. The molecule has 8 heteroatoms. The van der Waals surface area contributed by atoms with E-state index in [0.717, 1.165) is 5.56 Å². The zero-order valence-electron chi connectivity index (χ0n) is 10.5. The van der Waals surface area contributed by atoms with Gasteiger partial charge in [-0.1, -0.05) is 12.1 Å². The summed E-state index contributed by atoms with van der Waals surface area (Å²) in [5.41, 5.74) is 6.53. The van der Waals surface area contributed by atoms with E-state index in [4.69, 9.17) is 5.73 Å². The van der Waals surface area contributed by atoms with Gasteiger partial charge in [-0.15, -0.1) is 0 Å². The van der Waals surface area contributed by atoms with E-state index in [1.54, 1.807) is 17.4 Å². The molecule has 0 spiro atoms. The highest BCUT2D eigenvalue weighted by Crippen LogP contribution is 2.11. The number of benzene rings is 1. The molecule has 0 saturated heterocycles. The molecule has 0 bridgehead atoms. The van der Waals surface area contributed by atoms with Gasteiger partial charge in [0.25, 0.3) is 5.91 Å². The first-order valence-corrected chi connectivity index (χ1v) is 5.72. The summed E-state index contributed by atoms with van der Waals surface area (Å²) in [5, 5.41) is 3.88. The lowest BCUT2D eigenvalue weighted by atomic mass is 10.1. The Morgan fingerprint density at radius 3 is 2.20 bits per heavy atom. The van der Waals surface area contributed by atoms with Crippen LogP contribution in [0.4, 0.5) is 13.2 Å². The lowest BCUT2D eigenvalue weighted by Crippen LogP contribution is -2.40. The number of rotatable bonds is 5. The molecule has 1 aromatic carbocycles. The molecule has 0 heterocycles. The lowest BCUT2D eigenvalue weighted by Gasteiger charge is -2.09. The van der Waals surface area contributed by atoms with E-state index in [9.17, 15) is 22.8 Å². The average molecular weight is 289 g/mol. The molecule has 0 fully saturated rings. The summed E-state index contributed by atoms with van der Waals surface area (Å²) in [6.07, 6.45) is -4.47. The number of hydrogen-bond acceptors (Lipinski definition) is 3. The Kier molecular flexibility index (Phi) is 5.51. The van der Waals surface area contributed by atoms with Crippen LogP contribution >= 0.6 is 0 Å². The minimum atomic E-state index is -4.47. The van der Waals surface area contributed by atoms with Gasteiger partial charge in [0, 0.05) is 12.1 Å². The minimum absolute atomic E-state index is 0.297. The van der Waals surface area contributed by atoms with E-state index in [0.29, 0.717) is 12.1 Å². The van der Waals surface area contributed by atoms with Gasteiger partial charge in [0.15, 0.2) is 0 Å². The molecule has 0 atom stereocenters. The van der Waals surface area contributed by atoms with Crippen LogP contribution in [0.25, 0.3) is 0 Å². The first-order chi connectivity index (χ1) is 9.31. The van der Waals surface area contributed by atoms with Gasteiger partial charge in [-0.05, 0) is 17.7 Å². The topological polar surface area (TPSA) is 84.2 Å². The van der Waals surface area contributed by atoms with Crippen molar-refractivity contribution in [1.29, 1.82) is 0 Å². The second-order valence-electron chi connectivity index (χ2n) is 3.98. The number of amides is 2. The molecule has 20 heavy (non-hydrogen) atoms. The summed E-state index contributed by atoms with van der Waals surface area (Å²) in [7, 11) is 0. The van der Waals surface area contributed by atoms with Crippen molar-refractivity contribution >= 4 is 11.8 Å². The zero-order valence-corrected chi connectivity index (χ0v) is 10.5. The third-order valence-corrected chi connectivity index (χ3v) is 2.35. The second kappa shape index (κ2) is 6.90. The number of halogens is 3. The lowest BCUT2D eigenvalue weighted by molar-refractivity contribution is -0.137. The zero-order chi connectivity index (χ0) is 15.2. The van der Waals surface area contributed by atoms with Crippen LogP contribution in [0.1, 0.15) is 15.9 Å². The third kappa shape index (κ3) is 5.70. The molecule has 0 aliphatic carbocycles. The molecular formula is C12H14F3N3O2. The van der Waals surface area contributed by atoms with E-state index in [-0.39, 0.29) is 0 Å². The summed E-state index contributed by atoms with van der Waals surface area (Å²) >= 11 is 0. The van der Waals surface area contributed by atoms with E-state index < -0.39 is 31.1 Å². The SMILES string of the molecule is NCc1ccc(C(=O)NCC(=O)NCC(F)(F)F)cc1. The van der Waals surface area contributed by atoms with Gasteiger partial charge in [0.1, 0.15) is 6.54 Å². The van der Waals surface area contributed by atoms with E-state index >= 15 is 0 Å². The number of alkyl halides is 3. The quantitative estimate of drug-likeness (QED) is 0.740. The first kappa shape index (κ1) is 16.0. The Labute approximate surface area is 113 Å². The summed E-state index contributed by atoms with van der Waals surface area (Å²) in [5.74, 6) is -1.45. The molecule has 0 unspecified atom stereocenters. The third-order valence-electron chi connectivity index (χ3n) is 2.35. The van der Waals surface area contributed by atoms with Crippen molar-refractivity contribution in [1.82, 2.24) is 10.6 Å². The molecule has 0 saturated carbocycles. The number of hydrogen-bond donors (Lipinski definition) is 3. The van der Waals surface area contributed by atoms with Crippen molar-refractivity contribution in [2.75, 3.05) is 13.1 Å². The van der Waals surface area contributed by atoms with Crippen LogP contribution in [0.5, 0.6) is 0 Å². The molecule has 5 nitrogen and oxygen atoms in total. The Morgan fingerprint density at radius 2 is 1.70 bits per heavy atom. The Bertz CT molecular complexity index is 472. The molecule has 110 valence electrons. The number of carbonyl (C=O) groups excluding carboxylic acids is 2. The smallest absolute Gasteiger partial charge is 0.345 e. The summed E-state index contributed by atoms with van der Waals surface area (Å²) in [4.78, 5) is 22.7. The fraction of sp³-hybridized carbons (Fsp3) is 0.333. The predicted octanol–water partition coefficient (Wildman–Crippen LogP) is 0.554. The Morgan fingerprint density at radius 1 is 1.10 bits per heavy atom.